The molecule has 0 spiro atoms. The van der Waals surface area contributed by atoms with Gasteiger partial charge in [-0.05, 0) is 28.1 Å². The van der Waals surface area contributed by atoms with Crippen molar-refractivity contribution >= 4 is 21.6 Å². The zero-order valence-corrected chi connectivity index (χ0v) is 10.6. The van der Waals surface area contributed by atoms with Gasteiger partial charge in [0.2, 0.25) is 0 Å². The third-order valence-corrected chi connectivity index (χ3v) is 3.30. The molecule has 2 rings (SSSR count). The number of phenolic OH excluding ortho intramolecular Hbond substituents is 1. The van der Waals surface area contributed by atoms with Gasteiger partial charge in [-0.15, -0.1) is 0 Å². The third kappa shape index (κ3) is 2.28. The standard InChI is InChI=1S/C13H12BrNO2/c14-10-6-3-5-9(12(10)15)13(17)8-4-1-2-7-11(8)16/h1-7,13,16-17H,15H2. The van der Waals surface area contributed by atoms with Gasteiger partial charge >= 0.3 is 0 Å². The summed E-state index contributed by atoms with van der Waals surface area (Å²) in [6.45, 7) is 0. The topological polar surface area (TPSA) is 66.5 Å². The summed E-state index contributed by atoms with van der Waals surface area (Å²) in [6.07, 6.45) is -0.936. The van der Waals surface area contributed by atoms with Crippen molar-refractivity contribution in [2.24, 2.45) is 0 Å². The minimum absolute atomic E-state index is 0.0550. The predicted molar refractivity (Wildman–Crippen MR) is 70.7 cm³/mol. The predicted octanol–water partition coefficient (Wildman–Crippen LogP) is 2.82. The summed E-state index contributed by atoms with van der Waals surface area (Å²) >= 11 is 3.31. The molecular weight excluding hydrogens is 282 g/mol. The molecule has 0 amide bonds. The second-order valence-corrected chi connectivity index (χ2v) is 4.56. The van der Waals surface area contributed by atoms with Crippen molar-refractivity contribution in [3.8, 4) is 5.75 Å². The van der Waals surface area contributed by atoms with Crippen LogP contribution in [0.3, 0.4) is 0 Å². The first-order valence-corrected chi connectivity index (χ1v) is 5.90. The number of aromatic hydroxyl groups is 1. The van der Waals surface area contributed by atoms with E-state index in [4.69, 9.17) is 5.73 Å². The largest absolute Gasteiger partial charge is 0.508 e. The molecular formula is C13H12BrNO2. The number of rotatable bonds is 2. The van der Waals surface area contributed by atoms with Crippen molar-refractivity contribution in [2.75, 3.05) is 5.73 Å². The van der Waals surface area contributed by atoms with Crippen LogP contribution in [0.25, 0.3) is 0 Å². The van der Waals surface area contributed by atoms with Crippen LogP contribution in [-0.2, 0) is 0 Å². The number of halogens is 1. The molecule has 1 atom stereocenters. The van der Waals surface area contributed by atoms with Gasteiger partial charge in [-0.2, -0.15) is 0 Å². The summed E-state index contributed by atoms with van der Waals surface area (Å²) in [5, 5.41) is 19.9. The van der Waals surface area contributed by atoms with E-state index >= 15 is 0 Å². The molecule has 0 saturated carbocycles. The van der Waals surface area contributed by atoms with Crippen molar-refractivity contribution in [1.29, 1.82) is 0 Å². The number of aliphatic hydroxyl groups excluding tert-OH is 1. The van der Waals surface area contributed by atoms with Crippen LogP contribution in [0.5, 0.6) is 5.75 Å². The lowest BCUT2D eigenvalue weighted by Crippen LogP contribution is -2.04. The van der Waals surface area contributed by atoms with Gasteiger partial charge in [0.1, 0.15) is 11.9 Å². The Bertz CT molecular complexity index is 543. The van der Waals surface area contributed by atoms with Gasteiger partial charge in [-0.3, -0.25) is 0 Å². The van der Waals surface area contributed by atoms with Crippen LogP contribution in [0.1, 0.15) is 17.2 Å². The molecule has 0 bridgehead atoms. The van der Waals surface area contributed by atoms with Crippen LogP contribution in [0, 0.1) is 0 Å². The second-order valence-electron chi connectivity index (χ2n) is 3.70. The zero-order valence-electron chi connectivity index (χ0n) is 8.97. The Hall–Kier alpha value is -1.52. The van der Waals surface area contributed by atoms with Gasteiger partial charge < -0.3 is 15.9 Å². The number of nitrogen functional groups attached to an aromatic ring is 1. The number of nitrogens with two attached hydrogens (primary N) is 1. The summed E-state index contributed by atoms with van der Waals surface area (Å²) in [6, 6.07) is 12.0. The first-order valence-electron chi connectivity index (χ1n) is 5.11. The molecule has 4 heteroatoms. The molecule has 2 aromatic rings. The first-order chi connectivity index (χ1) is 8.11. The van der Waals surface area contributed by atoms with Crippen molar-refractivity contribution in [2.45, 2.75) is 6.10 Å². The summed E-state index contributed by atoms with van der Waals surface area (Å²) in [5.41, 5.74) is 7.37. The molecule has 2 aromatic carbocycles. The molecule has 0 radical (unpaired) electrons. The van der Waals surface area contributed by atoms with E-state index in [1.807, 2.05) is 0 Å². The van der Waals surface area contributed by atoms with Gasteiger partial charge in [-0.25, -0.2) is 0 Å². The van der Waals surface area contributed by atoms with Gasteiger partial charge in [0.25, 0.3) is 0 Å². The maximum absolute atomic E-state index is 10.2. The maximum atomic E-state index is 10.2. The highest BCUT2D eigenvalue weighted by Crippen LogP contribution is 2.34. The van der Waals surface area contributed by atoms with Crippen LogP contribution < -0.4 is 5.73 Å². The van der Waals surface area contributed by atoms with Crippen LogP contribution in [0.2, 0.25) is 0 Å². The molecule has 0 aliphatic carbocycles. The molecule has 0 saturated heterocycles. The van der Waals surface area contributed by atoms with E-state index in [0.29, 0.717) is 16.8 Å². The number of aliphatic hydroxyl groups is 1. The Labute approximate surface area is 108 Å². The van der Waals surface area contributed by atoms with E-state index < -0.39 is 6.10 Å². The quantitative estimate of drug-likeness (QED) is 0.746. The fourth-order valence-corrected chi connectivity index (χ4v) is 2.06. The number of anilines is 1. The molecule has 17 heavy (non-hydrogen) atoms. The Balaban J connectivity index is 2.48. The zero-order chi connectivity index (χ0) is 12.4. The monoisotopic (exact) mass is 293 g/mol. The van der Waals surface area contributed by atoms with E-state index in [1.165, 1.54) is 6.07 Å². The average Bonchev–Trinajstić information content (AvgIpc) is 2.32. The lowest BCUT2D eigenvalue weighted by molar-refractivity contribution is 0.216. The average molecular weight is 294 g/mol. The van der Waals surface area contributed by atoms with E-state index in [-0.39, 0.29) is 5.75 Å². The van der Waals surface area contributed by atoms with E-state index in [2.05, 4.69) is 15.9 Å². The smallest absolute Gasteiger partial charge is 0.121 e. The fraction of sp³-hybridized carbons (Fsp3) is 0.0769. The summed E-state index contributed by atoms with van der Waals surface area (Å²) in [7, 11) is 0. The summed E-state index contributed by atoms with van der Waals surface area (Å²) in [5.74, 6) is 0.0550. The molecule has 3 nitrogen and oxygen atoms in total. The van der Waals surface area contributed by atoms with Crippen molar-refractivity contribution < 1.29 is 10.2 Å². The molecule has 1 unspecified atom stereocenters. The van der Waals surface area contributed by atoms with Gasteiger partial charge in [0.05, 0.1) is 5.69 Å². The highest BCUT2D eigenvalue weighted by molar-refractivity contribution is 9.10. The van der Waals surface area contributed by atoms with Crippen molar-refractivity contribution in [3.05, 3.63) is 58.1 Å². The normalized spacial score (nSPS) is 12.4. The van der Waals surface area contributed by atoms with Gasteiger partial charge in [0.15, 0.2) is 0 Å². The second kappa shape index (κ2) is 4.77. The van der Waals surface area contributed by atoms with E-state index in [0.717, 1.165) is 4.47 Å². The number of phenols is 1. The Kier molecular flexibility index (Phi) is 3.36. The summed E-state index contributed by atoms with van der Waals surface area (Å²) in [4.78, 5) is 0. The molecule has 0 fully saturated rings. The van der Waals surface area contributed by atoms with Crippen molar-refractivity contribution in [3.63, 3.8) is 0 Å². The SMILES string of the molecule is Nc1c(Br)cccc1C(O)c1ccccc1O. The Morgan fingerprint density at radius 2 is 1.65 bits per heavy atom. The number of hydrogen-bond acceptors (Lipinski definition) is 3. The Morgan fingerprint density at radius 3 is 2.35 bits per heavy atom. The highest BCUT2D eigenvalue weighted by atomic mass is 79.9. The lowest BCUT2D eigenvalue weighted by atomic mass is 9.99. The number of para-hydroxylation sites is 2. The van der Waals surface area contributed by atoms with Crippen molar-refractivity contribution in [1.82, 2.24) is 0 Å². The molecule has 4 N–H and O–H groups in total. The third-order valence-electron chi connectivity index (χ3n) is 2.61. The molecule has 0 aromatic heterocycles. The van der Waals surface area contributed by atoms with E-state index in [9.17, 15) is 10.2 Å². The van der Waals surface area contributed by atoms with Crippen LogP contribution in [-0.4, -0.2) is 10.2 Å². The maximum Gasteiger partial charge on any atom is 0.121 e. The molecule has 0 heterocycles. The Morgan fingerprint density at radius 1 is 1.00 bits per heavy atom. The van der Waals surface area contributed by atoms with Crippen LogP contribution in [0.15, 0.2) is 46.9 Å². The molecule has 0 aliphatic heterocycles. The van der Waals surface area contributed by atoms with E-state index in [1.54, 1.807) is 36.4 Å². The molecule has 88 valence electrons. The van der Waals surface area contributed by atoms with Gasteiger partial charge in [-0.1, -0.05) is 30.3 Å². The van der Waals surface area contributed by atoms with Gasteiger partial charge in [0, 0.05) is 15.6 Å². The molecule has 0 aliphatic rings. The highest BCUT2D eigenvalue weighted by Gasteiger charge is 2.17. The minimum Gasteiger partial charge on any atom is -0.508 e. The fourth-order valence-electron chi connectivity index (χ4n) is 1.68. The van der Waals surface area contributed by atoms with Crippen LogP contribution >= 0.6 is 15.9 Å². The van der Waals surface area contributed by atoms with Crippen LogP contribution in [0.4, 0.5) is 5.69 Å². The first kappa shape index (κ1) is 12.0. The number of hydrogen-bond donors (Lipinski definition) is 3. The lowest BCUT2D eigenvalue weighted by Gasteiger charge is -2.15. The number of benzene rings is 2. The summed E-state index contributed by atoms with van der Waals surface area (Å²) < 4.78 is 0.726. The minimum atomic E-state index is -0.936.